The standard InChI is InChI=1S/C22H12N2O4S/c25-22-18(11-17-16-4-2-1-3-13(16)7-10-20(17)28-22)19-12-29-21(23-19)14-5-8-15(9-6-14)24(26)27/h1-12H. The molecule has 2 aromatic heterocycles. The number of aromatic nitrogens is 1. The largest absolute Gasteiger partial charge is 0.422 e. The van der Waals surface area contributed by atoms with Crippen molar-refractivity contribution in [1.82, 2.24) is 4.98 Å². The van der Waals surface area contributed by atoms with Crippen LogP contribution in [0.2, 0.25) is 0 Å². The molecule has 6 nitrogen and oxygen atoms in total. The smallest absolute Gasteiger partial charge is 0.345 e. The number of nitro groups is 1. The summed E-state index contributed by atoms with van der Waals surface area (Å²) in [6.07, 6.45) is 0. The van der Waals surface area contributed by atoms with E-state index in [-0.39, 0.29) is 5.69 Å². The zero-order chi connectivity index (χ0) is 20.0. The molecule has 0 aliphatic carbocycles. The fraction of sp³-hybridized carbons (Fsp3) is 0. The van der Waals surface area contributed by atoms with Crippen LogP contribution >= 0.6 is 11.3 Å². The molecule has 0 unspecified atom stereocenters. The van der Waals surface area contributed by atoms with Crippen molar-refractivity contribution in [2.75, 3.05) is 0 Å². The highest BCUT2D eigenvalue weighted by Crippen LogP contribution is 2.31. The monoisotopic (exact) mass is 400 g/mol. The van der Waals surface area contributed by atoms with Gasteiger partial charge in [-0.1, -0.05) is 30.3 Å². The van der Waals surface area contributed by atoms with E-state index in [0.29, 0.717) is 21.8 Å². The molecule has 0 fully saturated rings. The lowest BCUT2D eigenvalue weighted by atomic mass is 10.0. The van der Waals surface area contributed by atoms with Gasteiger partial charge in [0, 0.05) is 28.5 Å². The third-order valence-corrected chi connectivity index (χ3v) is 5.64. The molecular formula is C22H12N2O4S. The van der Waals surface area contributed by atoms with Crippen LogP contribution < -0.4 is 5.63 Å². The first-order valence-electron chi connectivity index (χ1n) is 8.76. The van der Waals surface area contributed by atoms with Crippen LogP contribution in [0.4, 0.5) is 5.69 Å². The topological polar surface area (TPSA) is 86.2 Å². The average molecular weight is 400 g/mol. The van der Waals surface area contributed by atoms with Gasteiger partial charge in [0.2, 0.25) is 0 Å². The van der Waals surface area contributed by atoms with Crippen LogP contribution in [0.15, 0.2) is 81.3 Å². The van der Waals surface area contributed by atoms with E-state index >= 15 is 0 Å². The number of non-ortho nitro benzene ring substituents is 1. The minimum absolute atomic E-state index is 0.0209. The minimum atomic E-state index is -0.451. The highest BCUT2D eigenvalue weighted by atomic mass is 32.1. The van der Waals surface area contributed by atoms with Crippen LogP contribution in [0.3, 0.4) is 0 Å². The van der Waals surface area contributed by atoms with Gasteiger partial charge >= 0.3 is 5.63 Å². The van der Waals surface area contributed by atoms with Crippen LogP contribution in [0.5, 0.6) is 0 Å². The SMILES string of the molecule is O=c1oc2ccc3ccccc3c2cc1-c1csc(-c2ccc([N+](=O)[O-])cc2)n1. The molecule has 140 valence electrons. The van der Waals surface area contributed by atoms with Gasteiger partial charge < -0.3 is 4.42 Å². The van der Waals surface area contributed by atoms with E-state index in [1.807, 2.05) is 36.4 Å². The number of nitrogens with zero attached hydrogens (tertiary/aromatic N) is 2. The average Bonchev–Trinajstić information content (AvgIpc) is 3.23. The fourth-order valence-corrected chi connectivity index (χ4v) is 4.13. The predicted octanol–water partition coefficient (Wildman–Crippen LogP) is 5.64. The lowest BCUT2D eigenvalue weighted by Gasteiger charge is -2.04. The zero-order valence-electron chi connectivity index (χ0n) is 14.9. The quantitative estimate of drug-likeness (QED) is 0.169. The van der Waals surface area contributed by atoms with Gasteiger partial charge in [0.25, 0.3) is 5.69 Å². The Balaban J connectivity index is 1.62. The second-order valence-corrected chi connectivity index (χ2v) is 7.35. The van der Waals surface area contributed by atoms with Crippen molar-refractivity contribution in [3.63, 3.8) is 0 Å². The number of thiazole rings is 1. The second kappa shape index (κ2) is 6.65. The molecule has 7 heteroatoms. The lowest BCUT2D eigenvalue weighted by molar-refractivity contribution is -0.384. The van der Waals surface area contributed by atoms with E-state index < -0.39 is 10.5 Å². The van der Waals surface area contributed by atoms with Gasteiger partial charge in [-0.15, -0.1) is 11.3 Å². The summed E-state index contributed by atoms with van der Waals surface area (Å²) in [5.74, 6) is 0. The number of hydrogen-bond acceptors (Lipinski definition) is 6. The number of fused-ring (bicyclic) bond motifs is 3. The summed E-state index contributed by atoms with van der Waals surface area (Å²) in [7, 11) is 0. The molecule has 5 rings (SSSR count). The summed E-state index contributed by atoms with van der Waals surface area (Å²) in [6.45, 7) is 0. The first-order chi connectivity index (χ1) is 14.1. The number of hydrogen-bond donors (Lipinski definition) is 0. The summed E-state index contributed by atoms with van der Waals surface area (Å²) in [6, 6.07) is 19.6. The molecule has 3 aromatic carbocycles. The Bertz CT molecular complexity index is 1450. The van der Waals surface area contributed by atoms with Crippen molar-refractivity contribution in [2.45, 2.75) is 0 Å². The molecule has 29 heavy (non-hydrogen) atoms. The summed E-state index contributed by atoms with van der Waals surface area (Å²) in [5.41, 5.74) is 1.76. The number of rotatable bonds is 3. The normalized spacial score (nSPS) is 11.2. The maximum absolute atomic E-state index is 12.6. The minimum Gasteiger partial charge on any atom is -0.422 e. The van der Waals surface area contributed by atoms with E-state index in [1.54, 1.807) is 23.6 Å². The highest BCUT2D eigenvalue weighted by Gasteiger charge is 2.14. The molecule has 0 spiro atoms. The molecule has 0 atom stereocenters. The first kappa shape index (κ1) is 17.3. The molecule has 0 N–H and O–H groups in total. The van der Waals surface area contributed by atoms with E-state index in [1.165, 1.54) is 23.5 Å². The maximum Gasteiger partial charge on any atom is 0.345 e. The Morgan fingerprint density at radius 2 is 1.76 bits per heavy atom. The zero-order valence-corrected chi connectivity index (χ0v) is 15.7. The summed E-state index contributed by atoms with van der Waals surface area (Å²) in [4.78, 5) is 27.5. The molecule has 0 saturated carbocycles. The van der Waals surface area contributed by atoms with Crippen LogP contribution in [0, 0.1) is 10.1 Å². The highest BCUT2D eigenvalue weighted by molar-refractivity contribution is 7.13. The molecule has 0 saturated heterocycles. The lowest BCUT2D eigenvalue weighted by Crippen LogP contribution is -2.03. The van der Waals surface area contributed by atoms with Gasteiger partial charge in [-0.2, -0.15) is 0 Å². The predicted molar refractivity (Wildman–Crippen MR) is 113 cm³/mol. The van der Waals surface area contributed by atoms with Crippen molar-refractivity contribution < 1.29 is 9.34 Å². The van der Waals surface area contributed by atoms with Crippen molar-refractivity contribution in [3.8, 4) is 21.8 Å². The van der Waals surface area contributed by atoms with Crippen LogP contribution in [0.25, 0.3) is 43.6 Å². The number of benzene rings is 3. The van der Waals surface area contributed by atoms with Crippen molar-refractivity contribution in [1.29, 1.82) is 0 Å². The molecule has 2 heterocycles. The van der Waals surface area contributed by atoms with E-state index in [0.717, 1.165) is 21.7 Å². The number of nitro benzene ring substituents is 1. The Kier molecular flexibility index (Phi) is 3.96. The molecule has 0 bridgehead atoms. The molecular weight excluding hydrogens is 388 g/mol. The second-order valence-electron chi connectivity index (χ2n) is 6.49. The van der Waals surface area contributed by atoms with Gasteiger partial charge in [-0.3, -0.25) is 10.1 Å². The Morgan fingerprint density at radius 1 is 0.966 bits per heavy atom. The van der Waals surface area contributed by atoms with Gasteiger partial charge in [0.05, 0.1) is 16.2 Å². The van der Waals surface area contributed by atoms with Gasteiger partial charge in [-0.05, 0) is 35.0 Å². The summed E-state index contributed by atoms with van der Waals surface area (Å²) < 4.78 is 5.55. The van der Waals surface area contributed by atoms with Gasteiger partial charge in [-0.25, -0.2) is 9.78 Å². The van der Waals surface area contributed by atoms with Gasteiger partial charge in [0.1, 0.15) is 10.6 Å². The van der Waals surface area contributed by atoms with Crippen LogP contribution in [0.1, 0.15) is 0 Å². The summed E-state index contributed by atoms with van der Waals surface area (Å²) in [5, 5.41) is 16.2. The third-order valence-electron chi connectivity index (χ3n) is 4.75. The van der Waals surface area contributed by atoms with E-state index in [2.05, 4.69) is 4.98 Å². The first-order valence-corrected chi connectivity index (χ1v) is 9.64. The van der Waals surface area contributed by atoms with Crippen molar-refractivity contribution >= 4 is 38.8 Å². The molecule has 5 aromatic rings. The van der Waals surface area contributed by atoms with E-state index in [9.17, 15) is 14.9 Å². The molecule has 0 amide bonds. The van der Waals surface area contributed by atoms with E-state index in [4.69, 9.17) is 4.42 Å². The molecule has 0 aliphatic heterocycles. The Hall–Kier alpha value is -3.84. The summed E-state index contributed by atoms with van der Waals surface area (Å²) >= 11 is 1.37. The molecule has 0 radical (unpaired) electrons. The maximum atomic E-state index is 12.6. The Morgan fingerprint density at radius 3 is 2.55 bits per heavy atom. The van der Waals surface area contributed by atoms with Gasteiger partial charge in [0.15, 0.2) is 0 Å². The molecule has 0 aliphatic rings. The van der Waals surface area contributed by atoms with Crippen LogP contribution in [-0.2, 0) is 0 Å². The van der Waals surface area contributed by atoms with Crippen molar-refractivity contribution in [2.24, 2.45) is 0 Å². The van der Waals surface area contributed by atoms with Crippen LogP contribution in [-0.4, -0.2) is 9.91 Å². The third kappa shape index (κ3) is 2.97. The van der Waals surface area contributed by atoms with Crippen molar-refractivity contribution in [3.05, 3.63) is 92.6 Å². The Labute approximate surface area is 167 Å². The fourth-order valence-electron chi connectivity index (χ4n) is 3.31.